The Labute approximate surface area is 152 Å². The standard InChI is InChI=1S/C19H23NO4S/c1-4-24-16-8-6-5-7-14(16)12-25-13-19(21)20-15-9-10-17(22-2)18(11-15)23-3/h5-11H,4,12-13H2,1-3H3,(H,20,21). The van der Waals surface area contributed by atoms with Gasteiger partial charge in [0, 0.05) is 23.1 Å². The van der Waals surface area contributed by atoms with Crippen LogP contribution in [0.2, 0.25) is 0 Å². The van der Waals surface area contributed by atoms with Gasteiger partial charge in [-0.15, -0.1) is 11.8 Å². The first-order chi connectivity index (χ1) is 12.2. The minimum absolute atomic E-state index is 0.0638. The van der Waals surface area contributed by atoms with Gasteiger partial charge in [-0.25, -0.2) is 0 Å². The van der Waals surface area contributed by atoms with E-state index in [2.05, 4.69) is 5.32 Å². The van der Waals surface area contributed by atoms with E-state index in [-0.39, 0.29) is 5.91 Å². The van der Waals surface area contributed by atoms with Crippen molar-refractivity contribution in [2.75, 3.05) is 31.9 Å². The van der Waals surface area contributed by atoms with Gasteiger partial charge in [-0.2, -0.15) is 0 Å². The Morgan fingerprint density at radius 2 is 1.80 bits per heavy atom. The molecule has 0 aliphatic carbocycles. The number of hydrogen-bond acceptors (Lipinski definition) is 5. The first kappa shape index (κ1) is 19.0. The molecule has 0 heterocycles. The van der Waals surface area contributed by atoms with Crippen LogP contribution < -0.4 is 19.5 Å². The van der Waals surface area contributed by atoms with Crippen molar-refractivity contribution in [3.8, 4) is 17.2 Å². The van der Waals surface area contributed by atoms with E-state index in [9.17, 15) is 4.79 Å². The van der Waals surface area contributed by atoms with Crippen LogP contribution in [0.25, 0.3) is 0 Å². The molecule has 0 radical (unpaired) electrons. The molecule has 0 bridgehead atoms. The first-order valence-corrected chi connectivity index (χ1v) is 9.13. The Morgan fingerprint density at radius 1 is 1.04 bits per heavy atom. The van der Waals surface area contributed by atoms with E-state index in [1.54, 1.807) is 44.2 Å². The van der Waals surface area contributed by atoms with Crippen LogP contribution >= 0.6 is 11.8 Å². The molecule has 0 fully saturated rings. The van der Waals surface area contributed by atoms with Gasteiger partial charge in [0.15, 0.2) is 11.5 Å². The molecule has 2 aromatic carbocycles. The summed E-state index contributed by atoms with van der Waals surface area (Å²) in [5.41, 5.74) is 1.77. The summed E-state index contributed by atoms with van der Waals surface area (Å²) in [7, 11) is 3.14. The molecule has 134 valence electrons. The minimum atomic E-state index is -0.0638. The maximum atomic E-state index is 12.1. The van der Waals surface area contributed by atoms with E-state index in [4.69, 9.17) is 14.2 Å². The summed E-state index contributed by atoms with van der Waals surface area (Å²) in [4.78, 5) is 12.1. The zero-order valence-corrected chi connectivity index (χ0v) is 15.5. The van der Waals surface area contributed by atoms with Gasteiger partial charge in [-0.3, -0.25) is 4.79 Å². The fourth-order valence-electron chi connectivity index (χ4n) is 2.28. The number of nitrogens with one attached hydrogen (secondary N) is 1. The zero-order chi connectivity index (χ0) is 18.1. The van der Waals surface area contributed by atoms with Gasteiger partial charge in [-0.05, 0) is 25.1 Å². The van der Waals surface area contributed by atoms with E-state index in [1.807, 2.05) is 31.2 Å². The van der Waals surface area contributed by atoms with Gasteiger partial charge in [-0.1, -0.05) is 18.2 Å². The molecular weight excluding hydrogens is 338 g/mol. The monoisotopic (exact) mass is 361 g/mol. The topological polar surface area (TPSA) is 56.8 Å². The molecule has 0 saturated carbocycles. The third kappa shape index (κ3) is 5.60. The van der Waals surface area contributed by atoms with Crippen molar-refractivity contribution in [3.63, 3.8) is 0 Å². The molecule has 2 rings (SSSR count). The van der Waals surface area contributed by atoms with E-state index < -0.39 is 0 Å². The summed E-state index contributed by atoms with van der Waals surface area (Å²) >= 11 is 1.54. The molecule has 0 atom stereocenters. The van der Waals surface area contributed by atoms with Gasteiger partial charge in [0.25, 0.3) is 0 Å². The molecular formula is C19H23NO4S. The molecule has 2 aromatic rings. The quantitative estimate of drug-likeness (QED) is 0.732. The summed E-state index contributed by atoms with van der Waals surface area (Å²) in [6, 6.07) is 13.2. The van der Waals surface area contributed by atoms with Gasteiger partial charge in [0.1, 0.15) is 5.75 Å². The maximum absolute atomic E-state index is 12.1. The number of benzene rings is 2. The highest BCUT2D eigenvalue weighted by molar-refractivity contribution is 7.99. The smallest absolute Gasteiger partial charge is 0.234 e. The Balaban J connectivity index is 1.87. The predicted molar refractivity (Wildman–Crippen MR) is 102 cm³/mol. The Kier molecular flexibility index (Phi) is 7.47. The predicted octanol–water partition coefficient (Wildman–Crippen LogP) is 3.97. The van der Waals surface area contributed by atoms with Crippen molar-refractivity contribution in [1.82, 2.24) is 0 Å². The summed E-state index contributed by atoms with van der Waals surface area (Å²) in [6.45, 7) is 2.59. The number of ether oxygens (including phenoxy) is 3. The number of amides is 1. The number of hydrogen-bond donors (Lipinski definition) is 1. The highest BCUT2D eigenvalue weighted by atomic mass is 32.2. The lowest BCUT2D eigenvalue weighted by Gasteiger charge is -2.11. The van der Waals surface area contributed by atoms with Crippen LogP contribution in [0.3, 0.4) is 0 Å². The summed E-state index contributed by atoms with van der Waals surface area (Å²) in [5.74, 6) is 3.09. The Bertz CT molecular complexity index is 706. The number of para-hydroxylation sites is 1. The van der Waals surface area contributed by atoms with Crippen LogP contribution in [0.4, 0.5) is 5.69 Å². The molecule has 1 amide bonds. The highest BCUT2D eigenvalue weighted by Crippen LogP contribution is 2.30. The zero-order valence-electron chi connectivity index (χ0n) is 14.7. The van der Waals surface area contributed by atoms with Crippen LogP contribution in [0.5, 0.6) is 17.2 Å². The normalized spacial score (nSPS) is 10.2. The van der Waals surface area contributed by atoms with Crippen LogP contribution in [-0.2, 0) is 10.5 Å². The van der Waals surface area contributed by atoms with Gasteiger partial charge >= 0.3 is 0 Å². The largest absolute Gasteiger partial charge is 0.494 e. The average molecular weight is 361 g/mol. The maximum Gasteiger partial charge on any atom is 0.234 e. The number of methoxy groups -OCH3 is 2. The van der Waals surface area contributed by atoms with Crippen LogP contribution in [0.15, 0.2) is 42.5 Å². The molecule has 0 spiro atoms. The lowest BCUT2D eigenvalue weighted by atomic mass is 10.2. The van der Waals surface area contributed by atoms with Gasteiger partial charge in [0.2, 0.25) is 5.91 Å². The molecule has 1 N–H and O–H groups in total. The second-order valence-electron chi connectivity index (χ2n) is 5.15. The fraction of sp³-hybridized carbons (Fsp3) is 0.316. The minimum Gasteiger partial charge on any atom is -0.494 e. The second kappa shape index (κ2) is 9.84. The summed E-state index contributed by atoms with van der Waals surface area (Å²) in [5, 5.41) is 2.87. The molecule has 0 aromatic heterocycles. The lowest BCUT2D eigenvalue weighted by molar-refractivity contribution is -0.113. The molecule has 0 aliphatic rings. The van der Waals surface area contributed by atoms with Gasteiger partial charge in [0.05, 0.1) is 26.6 Å². The SMILES string of the molecule is CCOc1ccccc1CSCC(=O)Nc1ccc(OC)c(OC)c1. The molecule has 5 nitrogen and oxygen atoms in total. The second-order valence-corrected chi connectivity index (χ2v) is 6.14. The van der Waals surface area contributed by atoms with Crippen LogP contribution in [0.1, 0.15) is 12.5 Å². The van der Waals surface area contributed by atoms with Gasteiger partial charge < -0.3 is 19.5 Å². The third-order valence-corrected chi connectivity index (χ3v) is 4.41. The van der Waals surface area contributed by atoms with Crippen molar-refractivity contribution >= 4 is 23.4 Å². The van der Waals surface area contributed by atoms with Crippen molar-refractivity contribution in [2.24, 2.45) is 0 Å². The third-order valence-electron chi connectivity index (χ3n) is 3.43. The van der Waals surface area contributed by atoms with Crippen LogP contribution in [-0.4, -0.2) is 32.5 Å². The van der Waals surface area contributed by atoms with Crippen molar-refractivity contribution in [1.29, 1.82) is 0 Å². The van der Waals surface area contributed by atoms with Crippen molar-refractivity contribution in [3.05, 3.63) is 48.0 Å². The first-order valence-electron chi connectivity index (χ1n) is 7.98. The van der Waals surface area contributed by atoms with E-state index in [1.165, 1.54) is 0 Å². The molecule has 0 aliphatic heterocycles. The van der Waals surface area contributed by atoms with E-state index in [0.717, 1.165) is 17.1 Å². The summed E-state index contributed by atoms with van der Waals surface area (Å²) < 4.78 is 16.0. The van der Waals surface area contributed by atoms with Crippen LogP contribution in [0, 0.1) is 0 Å². The average Bonchev–Trinajstić information content (AvgIpc) is 2.63. The Morgan fingerprint density at radius 3 is 2.52 bits per heavy atom. The molecule has 0 saturated heterocycles. The van der Waals surface area contributed by atoms with E-state index in [0.29, 0.717) is 29.5 Å². The summed E-state index contributed by atoms with van der Waals surface area (Å²) in [6.07, 6.45) is 0. The number of anilines is 1. The number of carbonyl (C=O) groups is 1. The molecule has 25 heavy (non-hydrogen) atoms. The highest BCUT2D eigenvalue weighted by Gasteiger charge is 2.09. The number of thioether (sulfide) groups is 1. The lowest BCUT2D eigenvalue weighted by Crippen LogP contribution is -2.14. The van der Waals surface area contributed by atoms with Crippen molar-refractivity contribution < 1.29 is 19.0 Å². The molecule has 6 heteroatoms. The van der Waals surface area contributed by atoms with Crippen molar-refractivity contribution in [2.45, 2.75) is 12.7 Å². The Hall–Kier alpha value is -2.34. The van der Waals surface area contributed by atoms with E-state index >= 15 is 0 Å². The molecule has 0 unspecified atom stereocenters. The number of rotatable bonds is 9. The number of carbonyl (C=O) groups excluding carboxylic acids is 1. The fourth-order valence-corrected chi connectivity index (χ4v) is 3.10.